The van der Waals surface area contributed by atoms with Gasteiger partial charge in [-0.15, -0.1) is 0 Å². The minimum Gasteiger partial charge on any atom is -0.258 e. The molecule has 5 nitrogen and oxygen atoms in total. The van der Waals surface area contributed by atoms with Gasteiger partial charge in [-0.05, 0) is 6.07 Å². The normalized spacial score (nSPS) is 10.4. The summed E-state index contributed by atoms with van der Waals surface area (Å²) in [4.78, 5) is 17.1. The quantitative estimate of drug-likeness (QED) is 0.510. The van der Waals surface area contributed by atoms with Crippen molar-refractivity contribution in [1.29, 1.82) is 0 Å². The molecule has 0 aliphatic rings. The van der Waals surface area contributed by atoms with Crippen molar-refractivity contribution < 1.29 is 9.31 Å². The summed E-state index contributed by atoms with van der Waals surface area (Å²) in [5.74, 6) is -0.944. The highest BCUT2D eigenvalue weighted by Gasteiger charge is 2.17. The smallest absolute Gasteiger partial charge is 0.258 e. The molecule has 0 saturated heterocycles. The molecule has 0 amide bonds. The number of nitro benzene ring substituents is 1. The first-order chi connectivity index (χ1) is 6.70. The minimum atomic E-state index is -0.944. The lowest BCUT2D eigenvalue weighted by molar-refractivity contribution is -0.387. The van der Waals surface area contributed by atoms with E-state index in [0.717, 1.165) is 6.07 Å². The molecule has 0 aliphatic heterocycles. The first kappa shape index (κ1) is 8.49. The van der Waals surface area contributed by atoms with E-state index in [9.17, 15) is 14.5 Å². The molecule has 1 aromatic carbocycles. The highest BCUT2D eigenvalue weighted by atomic mass is 19.1. The maximum Gasteiger partial charge on any atom is 0.307 e. The summed E-state index contributed by atoms with van der Waals surface area (Å²) < 4.78 is 13.4. The Kier molecular flexibility index (Phi) is 1.81. The number of fused-ring (bicyclic) bond motifs is 1. The van der Waals surface area contributed by atoms with Gasteiger partial charge < -0.3 is 0 Å². The summed E-state index contributed by atoms with van der Waals surface area (Å²) >= 11 is 0. The van der Waals surface area contributed by atoms with Crippen molar-refractivity contribution in [1.82, 2.24) is 9.97 Å². The predicted octanol–water partition coefficient (Wildman–Crippen LogP) is 1.68. The van der Waals surface area contributed by atoms with Crippen LogP contribution in [0.3, 0.4) is 0 Å². The van der Waals surface area contributed by atoms with Crippen LogP contribution in [0.1, 0.15) is 0 Å². The zero-order valence-electron chi connectivity index (χ0n) is 6.85. The van der Waals surface area contributed by atoms with E-state index in [1.807, 2.05) is 0 Å². The van der Waals surface area contributed by atoms with Gasteiger partial charge in [-0.25, -0.2) is 4.98 Å². The summed E-state index contributed by atoms with van der Waals surface area (Å²) in [6.45, 7) is 0. The molecule has 0 N–H and O–H groups in total. The molecule has 6 heteroatoms. The third kappa shape index (κ3) is 1.17. The van der Waals surface area contributed by atoms with Gasteiger partial charge in [-0.2, -0.15) is 4.39 Å². The molecule has 0 fully saturated rings. The maximum atomic E-state index is 13.4. The van der Waals surface area contributed by atoms with Gasteiger partial charge in [0.2, 0.25) is 5.82 Å². The Balaban J connectivity index is 2.81. The monoisotopic (exact) mass is 193 g/mol. The molecule has 2 aromatic rings. The summed E-state index contributed by atoms with van der Waals surface area (Å²) in [6, 6.07) is 2.44. The molecule has 0 atom stereocenters. The largest absolute Gasteiger partial charge is 0.307 e. The van der Waals surface area contributed by atoms with Gasteiger partial charge in [0.25, 0.3) is 0 Å². The number of benzene rings is 1. The van der Waals surface area contributed by atoms with Crippen molar-refractivity contribution in [2.24, 2.45) is 0 Å². The summed E-state index contributed by atoms with van der Waals surface area (Å²) in [7, 11) is 0. The van der Waals surface area contributed by atoms with E-state index >= 15 is 0 Å². The highest BCUT2D eigenvalue weighted by molar-refractivity contribution is 5.77. The van der Waals surface area contributed by atoms with E-state index in [2.05, 4.69) is 9.97 Å². The molecule has 0 bridgehead atoms. The molecule has 70 valence electrons. The first-order valence-electron chi connectivity index (χ1n) is 3.74. The second-order valence-corrected chi connectivity index (χ2v) is 2.58. The zero-order valence-corrected chi connectivity index (χ0v) is 6.85. The maximum absolute atomic E-state index is 13.4. The molecule has 0 spiro atoms. The average Bonchev–Trinajstić information content (AvgIpc) is 2.18. The van der Waals surface area contributed by atoms with Gasteiger partial charge in [-0.1, -0.05) is 0 Å². The van der Waals surface area contributed by atoms with E-state index in [1.54, 1.807) is 0 Å². The van der Waals surface area contributed by atoms with Crippen LogP contribution in [0.15, 0.2) is 24.5 Å². The lowest BCUT2D eigenvalue weighted by Gasteiger charge is -1.97. The summed E-state index contributed by atoms with van der Waals surface area (Å²) in [6.07, 6.45) is 2.68. The van der Waals surface area contributed by atoms with Gasteiger partial charge in [0.15, 0.2) is 0 Å². The SMILES string of the molecule is O=[N+]([O-])c1ccc2nccnc2c1F. The second-order valence-electron chi connectivity index (χ2n) is 2.58. The number of halogens is 1. The van der Waals surface area contributed by atoms with Crippen LogP contribution < -0.4 is 0 Å². The van der Waals surface area contributed by atoms with Gasteiger partial charge in [0.1, 0.15) is 5.52 Å². The van der Waals surface area contributed by atoms with Crippen LogP contribution in [0.4, 0.5) is 10.1 Å². The number of nitro groups is 1. The lowest BCUT2D eigenvalue weighted by atomic mass is 10.2. The Morgan fingerprint density at radius 3 is 2.71 bits per heavy atom. The van der Waals surface area contributed by atoms with Crippen LogP contribution >= 0.6 is 0 Å². The van der Waals surface area contributed by atoms with Crippen molar-refractivity contribution in [3.8, 4) is 0 Å². The first-order valence-corrected chi connectivity index (χ1v) is 3.74. The van der Waals surface area contributed by atoms with Crippen molar-refractivity contribution in [2.75, 3.05) is 0 Å². The number of hydrogen-bond donors (Lipinski definition) is 0. The Morgan fingerprint density at radius 1 is 1.29 bits per heavy atom. The fraction of sp³-hybridized carbons (Fsp3) is 0. The Bertz CT molecular complexity index is 515. The minimum absolute atomic E-state index is 0.0818. The topological polar surface area (TPSA) is 68.9 Å². The third-order valence-corrected chi connectivity index (χ3v) is 1.76. The average molecular weight is 193 g/mol. The van der Waals surface area contributed by atoms with E-state index in [1.165, 1.54) is 18.5 Å². The summed E-state index contributed by atoms with van der Waals surface area (Å²) in [5.41, 5.74) is -0.365. The standard InChI is InChI=1S/C8H4FN3O2/c9-7-6(12(13)14)2-1-5-8(7)11-4-3-10-5/h1-4H. The molecule has 1 heterocycles. The van der Waals surface area contributed by atoms with Crippen LogP contribution in [0.5, 0.6) is 0 Å². The van der Waals surface area contributed by atoms with Crippen LogP contribution in [-0.4, -0.2) is 14.9 Å². The number of hydrogen-bond acceptors (Lipinski definition) is 4. The fourth-order valence-corrected chi connectivity index (χ4v) is 1.13. The Labute approximate surface area is 77.4 Å². The zero-order chi connectivity index (χ0) is 10.1. The Morgan fingerprint density at radius 2 is 2.00 bits per heavy atom. The predicted molar refractivity (Wildman–Crippen MR) is 46.2 cm³/mol. The van der Waals surface area contributed by atoms with E-state index in [-0.39, 0.29) is 5.52 Å². The molecular weight excluding hydrogens is 189 g/mol. The van der Waals surface area contributed by atoms with E-state index in [4.69, 9.17) is 0 Å². The number of aromatic nitrogens is 2. The molecule has 0 saturated carbocycles. The highest BCUT2D eigenvalue weighted by Crippen LogP contribution is 2.22. The summed E-state index contributed by atoms with van der Waals surface area (Å²) in [5, 5.41) is 10.4. The lowest BCUT2D eigenvalue weighted by Crippen LogP contribution is -1.95. The Hall–Kier alpha value is -2.11. The molecule has 1 aromatic heterocycles. The molecular formula is C8H4FN3O2. The molecule has 2 rings (SSSR count). The van der Waals surface area contributed by atoms with Crippen LogP contribution in [0.25, 0.3) is 11.0 Å². The van der Waals surface area contributed by atoms with Crippen LogP contribution in [0.2, 0.25) is 0 Å². The van der Waals surface area contributed by atoms with Crippen molar-refractivity contribution >= 4 is 16.7 Å². The number of nitrogens with zero attached hydrogens (tertiary/aromatic N) is 3. The van der Waals surface area contributed by atoms with Crippen LogP contribution in [0, 0.1) is 15.9 Å². The molecule has 0 radical (unpaired) electrons. The van der Waals surface area contributed by atoms with Gasteiger partial charge >= 0.3 is 5.69 Å². The molecule has 14 heavy (non-hydrogen) atoms. The van der Waals surface area contributed by atoms with Crippen molar-refractivity contribution in [3.05, 3.63) is 40.5 Å². The third-order valence-electron chi connectivity index (χ3n) is 1.76. The van der Waals surface area contributed by atoms with E-state index in [0.29, 0.717) is 5.52 Å². The van der Waals surface area contributed by atoms with Gasteiger partial charge in [0, 0.05) is 18.5 Å². The molecule has 0 unspecified atom stereocenters. The fourth-order valence-electron chi connectivity index (χ4n) is 1.13. The van der Waals surface area contributed by atoms with Crippen LogP contribution in [-0.2, 0) is 0 Å². The second kappa shape index (κ2) is 2.99. The van der Waals surface area contributed by atoms with Gasteiger partial charge in [-0.3, -0.25) is 15.1 Å². The van der Waals surface area contributed by atoms with E-state index < -0.39 is 16.4 Å². The number of rotatable bonds is 1. The van der Waals surface area contributed by atoms with Gasteiger partial charge in [0.05, 0.1) is 10.4 Å². The molecule has 0 aliphatic carbocycles. The van der Waals surface area contributed by atoms with Crippen molar-refractivity contribution in [2.45, 2.75) is 0 Å². The van der Waals surface area contributed by atoms with Crippen molar-refractivity contribution in [3.63, 3.8) is 0 Å².